The van der Waals surface area contributed by atoms with Gasteiger partial charge in [-0.3, -0.25) is 4.79 Å². The summed E-state index contributed by atoms with van der Waals surface area (Å²) >= 11 is 9.65. The van der Waals surface area contributed by atoms with Crippen LogP contribution in [0.5, 0.6) is 0 Å². The van der Waals surface area contributed by atoms with Crippen molar-refractivity contribution in [2.45, 2.75) is 44.3 Å². The molecule has 1 saturated carbocycles. The van der Waals surface area contributed by atoms with E-state index in [9.17, 15) is 9.90 Å². The molecule has 2 aromatic rings. The Morgan fingerprint density at radius 3 is 2.83 bits per heavy atom. The molecule has 0 radical (unpaired) electrons. The van der Waals surface area contributed by atoms with Crippen LogP contribution in [-0.2, 0) is 14.3 Å². The molecule has 128 valence electrons. The van der Waals surface area contributed by atoms with Gasteiger partial charge in [0.25, 0.3) is 0 Å². The van der Waals surface area contributed by atoms with Crippen LogP contribution < -0.4 is 0 Å². The van der Waals surface area contributed by atoms with Crippen molar-refractivity contribution in [2.24, 2.45) is 5.92 Å². The van der Waals surface area contributed by atoms with E-state index < -0.39 is 23.8 Å². The summed E-state index contributed by atoms with van der Waals surface area (Å²) in [5.41, 5.74) is 0.643. The number of rotatable bonds is 2. The number of hydrogen-bond acceptors (Lipinski definition) is 5. The Balaban J connectivity index is 1.82. The number of nitrogens with zero attached hydrogens (tertiary/aromatic N) is 3. The van der Waals surface area contributed by atoms with Crippen LogP contribution in [0.25, 0.3) is 11.0 Å². The topological polar surface area (TPSA) is 86.5 Å². The number of carboxylic acid groups (broad SMARTS) is 1. The maximum atomic E-state index is 11.7. The summed E-state index contributed by atoms with van der Waals surface area (Å²) in [5.74, 6) is -2.32. The lowest BCUT2D eigenvalue weighted by Crippen LogP contribution is -2.30. The molecular formula is C15H15BrClN3O4. The Hall–Kier alpha value is -1.22. The van der Waals surface area contributed by atoms with Crippen molar-refractivity contribution in [3.63, 3.8) is 0 Å². The van der Waals surface area contributed by atoms with Crippen molar-refractivity contribution in [2.75, 3.05) is 0 Å². The molecule has 0 aromatic carbocycles. The second-order valence-electron chi connectivity index (χ2n) is 6.56. The highest BCUT2D eigenvalue weighted by molar-refractivity contribution is 9.10. The summed E-state index contributed by atoms with van der Waals surface area (Å²) in [6.45, 7) is 3.59. The summed E-state index contributed by atoms with van der Waals surface area (Å²) in [4.78, 5) is 20.0. The van der Waals surface area contributed by atoms with E-state index in [4.69, 9.17) is 21.1 Å². The van der Waals surface area contributed by atoms with Crippen LogP contribution in [0, 0.1) is 5.92 Å². The molecule has 0 amide bonds. The molecule has 4 atom stereocenters. The molecule has 24 heavy (non-hydrogen) atoms. The Labute approximate surface area is 151 Å². The minimum atomic E-state index is -0.878. The maximum absolute atomic E-state index is 11.7. The number of fused-ring (bicyclic) bond motifs is 2. The summed E-state index contributed by atoms with van der Waals surface area (Å²) in [7, 11) is 0. The number of carbonyl (C=O) groups is 1. The largest absolute Gasteiger partial charge is 0.481 e. The average molecular weight is 417 g/mol. The molecule has 0 unspecified atom stereocenters. The summed E-state index contributed by atoms with van der Waals surface area (Å²) < 4.78 is 14.5. The van der Waals surface area contributed by atoms with E-state index in [1.165, 1.54) is 6.33 Å². The van der Waals surface area contributed by atoms with E-state index in [1.807, 2.05) is 10.8 Å². The van der Waals surface area contributed by atoms with Crippen LogP contribution in [0.3, 0.4) is 0 Å². The Morgan fingerprint density at radius 2 is 2.12 bits per heavy atom. The van der Waals surface area contributed by atoms with E-state index in [0.717, 1.165) is 4.47 Å². The van der Waals surface area contributed by atoms with Gasteiger partial charge in [-0.1, -0.05) is 11.6 Å². The van der Waals surface area contributed by atoms with Crippen LogP contribution in [-0.4, -0.2) is 43.6 Å². The van der Waals surface area contributed by atoms with Crippen molar-refractivity contribution in [3.05, 3.63) is 22.1 Å². The summed E-state index contributed by atoms with van der Waals surface area (Å²) in [6, 6.07) is -0.211. The van der Waals surface area contributed by atoms with Gasteiger partial charge in [-0.2, -0.15) is 0 Å². The van der Waals surface area contributed by atoms with Crippen LogP contribution in [0.2, 0.25) is 5.15 Å². The van der Waals surface area contributed by atoms with Gasteiger partial charge in [-0.15, -0.1) is 0 Å². The van der Waals surface area contributed by atoms with E-state index in [0.29, 0.717) is 22.6 Å². The van der Waals surface area contributed by atoms with Crippen LogP contribution in [0.15, 0.2) is 17.0 Å². The predicted molar refractivity (Wildman–Crippen MR) is 88.8 cm³/mol. The zero-order valence-electron chi connectivity index (χ0n) is 12.9. The minimum Gasteiger partial charge on any atom is -0.481 e. The second-order valence-corrected chi connectivity index (χ2v) is 7.77. The van der Waals surface area contributed by atoms with E-state index in [-0.39, 0.29) is 12.1 Å². The second kappa shape index (κ2) is 5.39. The van der Waals surface area contributed by atoms with Crippen LogP contribution >= 0.6 is 27.5 Å². The number of ether oxygens (including phenoxy) is 2. The number of carboxylic acids is 1. The molecule has 2 fully saturated rings. The lowest BCUT2D eigenvalue weighted by atomic mass is 10.1. The molecule has 3 heterocycles. The van der Waals surface area contributed by atoms with Gasteiger partial charge in [0.15, 0.2) is 5.79 Å². The summed E-state index contributed by atoms with van der Waals surface area (Å²) in [5, 5.41) is 10.6. The van der Waals surface area contributed by atoms with E-state index in [1.54, 1.807) is 13.8 Å². The zero-order valence-corrected chi connectivity index (χ0v) is 15.3. The molecule has 7 nitrogen and oxygen atoms in total. The van der Waals surface area contributed by atoms with Crippen molar-refractivity contribution in [1.82, 2.24) is 14.5 Å². The monoisotopic (exact) mass is 415 g/mol. The fraction of sp³-hybridized carbons (Fsp3) is 0.533. The quantitative estimate of drug-likeness (QED) is 0.757. The van der Waals surface area contributed by atoms with E-state index in [2.05, 4.69) is 25.9 Å². The zero-order chi connectivity index (χ0) is 17.2. The molecular weight excluding hydrogens is 402 g/mol. The lowest BCUT2D eigenvalue weighted by Gasteiger charge is -2.23. The van der Waals surface area contributed by atoms with Crippen molar-refractivity contribution in [1.29, 1.82) is 0 Å². The van der Waals surface area contributed by atoms with Gasteiger partial charge in [0.1, 0.15) is 29.3 Å². The van der Waals surface area contributed by atoms with E-state index >= 15 is 0 Å². The van der Waals surface area contributed by atoms with Crippen molar-refractivity contribution < 1.29 is 19.4 Å². The number of halogens is 2. The maximum Gasteiger partial charge on any atom is 0.309 e. The Kier molecular flexibility index (Phi) is 3.65. The van der Waals surface area contributed by atoms with Crippen LogP contribution in [0.1, 0.15) is 26.3 Å². The third kappa shape index (κ3) is 2.35. The predicted octanol–water partition coefficient (Wildman–Crippen LogP) is 3.01. The number of aliphatic carboxylic acids is 1. The fourth-order valence-electron chi connectivity index (χ4n) is 3.72. The molecule has 0 spiro atoms. The Morgan fingerprint density at radius 1 is 1.42 bits per heavy atom. The van der Waals surface area contributed by atoms with Gasteiger partial charge in [-0.25, -0.2) is 9.97 Å². The normalized spacial score (nSPS) is 31.5. The summed E-state index contributed by atoms with van der Waals surface area (Å²) in [6.07, 6.45) is 2.79. The third-order valence-corrected chi connectivity index (χ3v) is 5.51. The highest BCUT2D eigenvalue weighted by Crippen LogP contribution is 2.48. The van der Waals surface area contributed by atoms with Gasteiger partial charge in [0, 0.05) is 10.7 Å². The Bertz CT molecular complexity index is 839. The smallest absolute Gasteiger partial charge is 0.309 e. The first kappa shape index (κ1) is 16.3. The van der Waals surface area contributed by atoms with Crippen molar-refractivity contribution in [3.8, 4) is 0 Å². The van der Waals surface area contributed by atoms with Crippen LogP contribution in [0.4, 0.5) is 0 Å². The number of aromatic nitrogens is 3. The third-order valence-electron chi connectivity index (χ3n) is 4.63. The number of hydrogen-bond donors (Lipinski definition) is 1. The van der Waals surface area contributed by atoms with Gasteiger partial charge in [0.05, 0.1) is 17.3 Å². The lowest BCUT2D eigenvalue weighted by molar-refractivity contribution is -0.167. The first-order chi connectivity index (χ1) is 11.3. The molecule has 0 bridgehead atoms. The molecule has 1 saturated heterocycles. The molecule has 1 aliphatic carbocycles. The van der Waals surface area contributed by atoms with Gasteiger partial charge < -0.3 is 19.1 Å². The standard InChI is InChI=1S/C15H15BrClN3O4/c1-15(2)23-10-6(14(21)22)3-8(11(10)24-15)20-4-7(16)9-12(17)18-5-19-13(9)20/h4-6,8,10-11H,3H2,1-2H3,(H,21,22)/t6-,8+,10+,11-/m0/s1. The first-order valence-corrected chi connectivity index (χ1v) is 8.70. The molecule has 9 heteroatoms. The van der Waals surface area contributed by atoms with Gasteiger partial charge in [0.2, 0.25) is 0 Å². The fourth-order valence-corrected chi connectivity index (χ4v) is 4.65. The van der Waals surface area contributed by atoms with Crippen molar-refractivity contribution >= 4 is 44.5 Å². The highest BCUT2D eigenvalue weighted by Gasteiger charge is 2.57. The molecule has 1 N–H and O–H groups in total. The molecule has 1 aliphatic heterocycles. The minimum absolute atomic E-state index is 0.211. The van der Waals surface area contributed by atoms with Gasteiger partial charge >= 0.3 is 5.97 Å². The SMILES string of the molecule is CC1(C)O[C@@H]2[C@H](O1)[C@@H](C(=O)O)C[C@H]2n1cc(Br)c2c(Cl)ncnc21. The highest BCUT2D eigenvalue weighted by atomic mass is 79.9. The first-order valence-electron chi connectivity index (χ1n) is 7.53. The average Bonchev–Trinajstić information content (AvgIpc) is 3.08. The van der Waals surface area contributed by atoms with Gasteiger partial charge in [-0.05, 0) is 36.2 Å². The molecule has 2 aromatic heterocycles. The molecule has 2 aliphatic rings. The molecule has 4 rings (SSSR count).